The van der Waals surface area contributed by atoms with Crippen LogP contribution in [0.5, 0.6) is 0 Å². The number of nitrogens with zero attached hydrogens (tertiary/aromatic N) is 2. The molecule has 0 saturated carbocycles. The van der Waals surface area contributed by atoms with Gasteiger partial charge >= 0.3 is 0 Å². The van der Waals surface area contributed by atoms with Crippen LogP contribution in [0.25, 0.3) is 0 Å². The highest BCUT2D eigenvalue weighted by molar-refractivity contribution is 7.11. The van der Waals surface area contributed by atoms with Gasteiger partial charge in [-0.1, -0.05) is 30.3 Å². The van der Waals surface area contributed by atoms with Gasteiger partial charge in [0.15, 0.2) is 0 Å². The Morgan fingerprint density at radius 1 is 1.21 bits per heavy atom. The molecule has 1 aromatic heterocycles. The van der Waals surface area contributed by atoms with Gasteiger partial charge in [-0.15, -0.1) is 11.3 Å². The smallest absolute Gasteiger partial charge is 0.221 e. The minimum absolute atomic E-state index is 0.168. The Balaban J connectivity index is 1.44. The summed E-state index contributed by atoms with van der Waals surface area (Å²) in [4.78, 5) is 20.2. The van der Waals surface area contributed by atoms with E-state index in [0.717, 1.165) is 39.0 Å². The lowest BCUT2D eigenvalue weighted by molar-refractivity contribution is -0.120. The first-order chi connectivity index (χ1) is 11.8. The first-order valence-corrected chi connectivity index (χ1v) is 9.61. The van der Waals surface area contributed by atoms with E-state index in [1.165, 1.54) is 27.6 Å². The summed E-state index contributed by atoms with van der Waals surface area (Å²) in [5.74, 6) is 0.800. The largest absolute Gasteiger partial charge is 0.355 e. The van der Waals surface area contributed by atoms with Crippen molar-refractivity contribution >= 4 is 17.2 Å². The molecule has 5 heteroatoms. The quantitative estimate of drug-likeness (QED) is 0.934. The highest BCUT2D eigenvalue weighted by Crippen LogP contribution is 2.35. The molecule has 4 rings (SSSR count). The third-order valence-electron chi connectivity index (χ3n) is 5.02. The number of fused-ring (bicyclic) bond motifs is 1. The topological polar surface area (TPSA) is 45.2 Å². The minimum Gasteiger partial charge on any atom is -0.355 e. The molecule has 1 aromatic carbocycles. The fourth-order valence-electron chi connectivity index (χ4n) is 3.67. The second-order valence-corrected chi connectivity index (χ2v) is 7.87. The van der Waals surface area contributed by atoms with Gasteiger partial charge in [-0.3, -0.25) is 9.69 Å². The monoisotopic (exact) mass is 341 g/mol. The molecular weight excluding hydrogens is 318 g/mol. The van der Waals surface area contributed by atoms with Crippen LogP contribution in [0.2, 0.25) is 0 Å². The fraction of sp³-hybridized carbons (Fsp3) is 0.474. The van der Waals surface area contributed by atoms with Gasteiger partial charge in [0.2, 0.25) is 5.91 Å². The van der Waals surface area contributed by atoms with Crippen LogP contribution < -0.4 is 5.32 Å². The molecule has 0 radical (unpaired) electrons. The van der Waals surface area contributed by atoms with E-state index >= 15 is 0 Å². The highest BCUT2D eigenvalue weighted by atomic mass is 32.1. The van der Waals surface area contributed by atoms with Crippen molar-refractivity contribution in [3.8, 4) is 0 Å². The van der Waals surface area contributed by atoms with Crippen molar-refractivity contribution in [2.75, 3.05) is 19.6 Å². The van der Waals surface area contributed by atoms with E-state index in [9.17, 15) is 4.79 Å². The summed E-state index contributed by atoms with van der Waals surface area (Å²) in [7, 11) is 0. The van der Waals surface area contributed by atoms with E-state index in [0.29, 0.717) is 12.3 Å². The molecule has 1 fully saturated rings. The van der Waals surface area contributed by atoms with E-state index < -0.39 is 0 Å². The van der Waals surface area contributed by atoms with Crippen molar-refractivity contribution in [3.05, 3.63) is 51.5 Å². The second-order valence-electron chi connectivity index (χ2n) is 6.70. The van der Waals surface area contributed by atoms with Gasteiger partial charge in [0.25, 0.3) is 0 Å². The molecule has 1 aliphatic carbocycles. The number of hydrogen-bond donors (Lipinski definition) is 1. The number of nitrogens with one attached hydrogen (secondary N) is 1. The molecule has 1 N–H and O–H groups in total. The zero-order valence-corrected chi connectivity index (χ0v) is 14.6. The fourth-order valence-corrected chi connectivity index (χ4v) is 4.91. The summed E-state index contributed by atoms with van der Waals surface area (Å²) in [5.41, 5.74) is 2.77. The molecular formula is C19H23N3OS. The lowest BCUT2D eigenvalue weighted by Crippen LogP contribution is -2.28. The summed E-state index contributed by atoms with van der Waals surface area (Å²) < 4.78 is 0. The number of thiazole rings is 1. The predicted octanol–water partition coefficient (Wildman–Crippen LogP) is 2.74. The maximum atomic E-state index is 11.5. The van der Waals surface area contributed by atoms with Gasteiger partial charge < -0.3 is 5.32 Å². The Kier molecular flexibility index (Phi) is 4.63. The normalized spacial score (nSPS) is 21.8. The standard InChI is InChI=1S/C19H23N3OS/c23-18-8-10-22(11-9-20-18)13-19-21-16-7-6-15(12-17(16)24-19)14-4-2-1-3-5-14/h1-5,15H,6-13H2,(H,20,23). The van der Waals surface area contributed by atoms with Crippen LogP contribution in [0.1, 0.15) is 39.9 Å². The van der Waals surface area contributed by atoms with Crippen molar-refractivity contribution in [1.29, 1.82) is 0 Å². The number of amides is 1. The third-order valence-corrected chi connectivity index (χ3v) is 6.12. The number of carbonyl (C=O) groups excluding carboxylic acids is 1. The van der Waals surface area contributed by atoms with Crippen molar-refractivity contribution in [3.63, 3.8) is 0 Å². The van der Waals surface area contributed by atoms with Crippen molar-refractivity contribution in [2.45, 2.75) is 38.1 Å². The number of benzene rings is 1. The summed E-state index contributed by atoms with van der Waals surface area (Å²) in [6.45, 7) is 3.38. The Hall–Kier alpha value is -1.72. The molecule has 1 saturated heterocycles. The van der Waals surface area contributed by atoms with Gasteiger partial charge in [0, 0.05) is 30.9 Å². The van der Waals surface area contributed by atoms with Crippen LogP contribution in [0.4, 0.5) is 0 Å². The van der Waals surface area contributed by atoms with Gasteiger partial charge in [-0.2, -0.15) is 0 Å². The molecule has 1 unspecified atom stereocenters. The van der Waals surface area contributed by atoms with Crippen LogP contribution in [0, 0.1) is 0 Å². The lowest BCUT2D eigenvalue weighted by Gasteiger charge is -2.21. The molecule has 1 amide bonds. The lowest BCUT2D eigenvalue weighted by atomic mass is 9.85. The molecule has 24 heavy (non-hydrogen) atoms. The number of aryl methyl sites for hydroxylation is 1. The SMILES string of the molecule is O=C1CCN(Cc2nc3c(s2)CC(c2ccccc2)CC3)CCN1. The molecule has 1 atom stereocenters. The third kappa shape index (κ3) is 3.52. The van der Waals surface area contributed by atoms with Gasteiger partial charge in [0.05, 0.1) is 12.2 Å². The summed E-state index contributed by atoms with van der Waals surface area (Å²) >= 11 is 1.88. The van der Waals surface area contributed by atoms with Crippen LogP contribution in [-0.2, 0) is 24.2 Å². The second kappa shape index (κ2) is 7.03. The van der Waals surface area contributed by atoms with Gasteiger partial charge in [-0.25, -0.2) is 4.98 Å². The van der Waals surface area contributed by atoms with Gasteiger partial charge in [-0.05, 0) is 30.7 Å². The zero-order chi connectivity index (χ0) is 16.4. The van der Waals surface area contributed by atoms with E-state index in [-0.39, 0.29) is 5.91 Å². The molecule has 2 aliphatic rings. The first kappa shape index (κ1) is 15.8. The Bertz CT molecular complexity index is 713. The first-order valence-electron chi connectivity index (χ1n) is 8.79. The number of carbonyl (C=O) groups is 1. The van der Waals surface area contributed by atoms with E-state index in [1.807, 2.05) is 11.3 Å². The van der Waals surface area contributed by atoms with Crippen molar-refractivity contribution in [2.24, 2.45) is 0 Å². The maximum absolute atomic E-state index is 11.5. The number of rotatable bonds is 3. The summed E-state index contributed by atoms with van der Waals surface area (Å²) in [5, 5.41) is 4.15. The summed E-state index contributed by atoms with van der Waals surface area (Å²) in [6.07, 6.45) is 4.01. The molecule has 2 aromatic rings. The van der Waals surface area contributed by atoms with Crippen molar-refractivity contribution < 1.29 is 4.79 Å². The maximum Gasteiger partial charge on any atom is 0.221 e. The number of aromatic nitrogens is 1. The van der Waals surface area contributed by atoms with E-state index in [2.05, 4.69) is 40.5 Å². The highest BCUT2D eigenvalue weighted by Gasteiger charge is 2.24. The number of hydrogen-bond acceptors (Lipinski definition) is 4. The Labute approximate surface area is 146 Å². The molecule has 1 aliphatic heterocycles. The van der Waals surface area contributed by atoms with E-state index in [4.69, 9.17) is 4.98 Å². The minimum atomic E-state index is 0.168. The molecule has 0 bridgehead atoms. The van der Waals surface area contributed by atoms with Gasteiger partial charge in [0.1, 0.15) is 5.01 Å². The van der Waals surface area contributed by atoms with Crippen molar-refractivity contribution in [1.82, 2.24) is 15.2 Å². The summed E-state index contributed by atoms with van der Waals surface area (Å²) in [6, 6.07) is 10.9. The average Bonchev–Trinajstić information content (AvgIpc) is 2.90. The molecule has 4 nitrogen and oxygen atoms in total. The molecule has 2 heterocycles. The van der Waals surface area contributed by atoms with Crippen LogP contribution in [0.3, 0.4) is 0 Å². The van der Waals surface area contributed by atoms with Crippen LogP contribution >= 0.6 is 11.3 Å². The predicted molar refractivity (Wildman–Crippen MR) is 96.2 cm³/mol. The van der Waals surface area contributed by atoms with E-state index in [1.54, 1.807) is 0 Å². The molecule has 0 spiro atoms. The van der Waals surface area contributed by atoms with Crippen LogP contribution in [0.15, 0.2) is 30.3 Å². The van der Waals surface area contributed by atoms with Crippen LogP contribution in [-0.4, -0.2) is 35.4 Å². The molecule has 126 valence electrons. The average molecular weight is 341 g/mol. The zero-order valence-electron chi connectivity index (χ0n) is 13.8. The Morgan fingerprint density at radius 3 is 2.96 bits per heavy atom. The Morgan fingerprint density at radius 2 is 2.08 bits per heavy atom.